The van der Waals surface area contributed by atoms with Crippen LogP contribution in [0.1, 0.15) is 43.7 Å². The molecule has 2 bridgehead atoms. The van der Waals surface area contributed by atoms with Gasteiger partial charge in [0, 0.05) is 11.1 Å². The number of carbonyl (C=O) groups is 2. The van der Waals surface area contributed by atoms with Crippen LogP contribution in [0.15, 0.2) is 18.2 Å². The molecule has 2 heterocycles. The highest BCUT2D eigenvalue weighted by Crippen LogP contribution is 2.55. The maximum Gasteiger partial charge on any atom is 0.154 e. The molecule has 4 rings (SSSR count). The van der Waals surface area contributed by atoms with Crippen molar-refractivity contribution in [3.63, 3.8) is 0 Å². The molecule has 6 unspecified atom stereocenters. The van der Waals surface area contributed by atoms with Gasteiger partial charge in [-0.2, -0.15) is 0 Å². The number of benzene rings is 1. The fourth-order valence-electron chi connectivity index (χ4n) is 4.95. The average Bonchev–Trinajstić information content (AvgIpc) is 3.27. The molecule has 1 saturated carbocycles. The Hall–Kier alpha value is -2.12. The third-order valence-electron chi connectivity index (χ3n) is 6.04. The van der Waals surface area contributed by atoms with E-state index < -0.39 is 5.92 Å². The minimum Gasteiger partial charge on any atom is -0.496 e. The van der Waals surface area contributed by atoms with E-state index in [1.165, 1.54) is 0 Å². The molecule has 1 aromatic carbocycles. The van der Waals surface area contributed by atoms with Gasteiger partial charge in [-0.3, -0.25) is 9.59 Å². The molecule has 2 saturated heterocycles. The Morgan fingerprint density at radius 1 is 1.24 bits per heavy atom. The predicted molar refractivity (Wildman–Crippen MR) is 92.3 cm³/mol. The van der Waals surface area contributed by atoms with E-state index in [9.17, 15) is 9.59 Å². The summed E-state index contributed by atoms with van der Waals surface area (Å²) < 4.78 is 11.5. The first-order valence-corrected chi connectivity index (χ1v) is 8.94. The third kappa shape index (κ3) is 2.26. The molecule has 0 spiro atoms. The van der Waals surface area contributed by atoms with Crippen LogP contribution in [0, 0.1) is 29.6 Å². The lowest BCUT2D eigenvalue weighted by Gasteiger charge is -2.24. The van der Waals surface area contributed by atoms with Gasteiger partial charge in [-0.05, 0) is 31.4 Å². The quantitative estimate of drug-likeness (QED) is 0.628. The van der Waals surface area contributed by atoms with Crippen molar-refractivity contribution in [1.29, 1.82) is 0 Å². The lowest BCUT2D eigenvalue weighted by molar-refractivity contribution is -0.127. The summed E-state index contributed by atoms with van der Waals surface area (Å²) in [5, 5.41) is 0. The van der Waals surface area contributed by atoms with Crippen LogP contribution in [-0.2, 0) is 14.3 Å². The highest BCUT2D eigenvalue weighted by molar-refractivity contribution is 6.17. The van der Waals surface area contributed by atoms with Crippen molar-refractivity contribution in [3.05, 3.63) is 29.3 Å². The monoisotopic (exact) mass is 338 g/mol. The van der Waals surface area contributed by atoms with Gasteiger partial charge in [0.2, 0.25) is 0 Å². The third-order valence-corrected chi connectivity index (χ3v) is 6.04. The van der Waals surface area contributed by atoms with E-state index in [1.54, 1.807) is 20.1 Å². The molecule has 0 aromatic heterocycles. The zero-order chi connectivity index (χ0) is 17.7. The van der Waals surface area contributed by atoms with Gasteiger partial charge in [0.1, 0.15) is 11.7 Å². The number of Topliss-reactive ketones (excluding diaryl/α,β-unsaturated/α-hetero) is 2. The summed E-state index contributed by atoms with van der Waals surface area (Å²) in [5.41, 5.74) is 1.48. The van der Waals surface area contributed by atoms with Crippen molar-refractivity contribution >= 4 is 11.6 Å². The van der Waals surface area contributed by atoms with Crippen LogP contribution in [0.3, 0.4) is 0 Å². The number of fused-ring (bicyclic) bond motifs is 5. The van der Waals surface area contributed by atoms with Crippen LogP contribution in [0.5, 0.6) is 5.75 Å². The summed E-state index contributed by atoms with van der Waals surface area (Å²) in [6.07, 6.45) is 1.72. The van der Waals surface area contributed by atoms with E-state index in [1.807, 2.05) is 12.1 Å². The predicted octanol–water partition coefficient (Wildman–Crippen LogP) is 2.73. The second-order valence-corrected chi connectivity index (χ2v) is 7.16. The molecule has 0 radical (unpaired) electrons. The average molecular weight is 338 g/mol. The zero-order valence-electron chi connectivity index (χ0n) is 14.7. The summed E-state index contributed by atoms with van der Waals surface area (Å²) in [5.74, 6) is 5.52. The van der Waals surface area contributed by atoms with E-state index in [2.05, 4.69) is 18.8 Å². The molecule has 3 aliphatic rings. The van der Waals surface area contributed by atoms with Crippen LogP contribution in [-0.4, -0.2) is 30.9 Å². The molecule has 6 atom stereocenters. The number of methoxy groups -OCH3 is 1. The Bertz CT molecular complexity index is 800. The smallest absolute Gasteiger partial charge is 0.154 e. The molecule has 0 amide bonds. The van der Waals surface area contributed by atoms with Crippen molar-refractivity contribution in [2.45, 2.75) is 44.8 Å². The summed E-state index contributed by atoms with van der Waals surface area (Å²) in [4.78, 5) is 26.2. The van der Waals surface area contributed by atoms with Crippen LogP contribution in [0.2, 0.25) is 0 Å². The summed E-state index contributed by atoms with van der Waals surface area (Å²) >= 11 is 0. The van der Waals surface area contributed by atoms with E-state index in [-0.39, 0.29) is 35.6 Å². The summed E-state index contributed by atoms with van der Waals surface area (Å²) in [6.45, 7) is 3.89. The molecule has 4 nitrogen and oxygen atoms in total. The Labute approximate surface area is 147 Å². The number of rotatable bonds is 3. The van der Waals surface area contributed by atoms with Crippen molar-refractivity contribution in [3.8, 4) is 17.6 Å². The minimum absolute atomic E-state index is 0.00433. The molecule has 2 aliphatic heterocycles. The van der Waals surface area contributed by atoms with E-state index in [0.29, 0.717) is 17.2 Å². The first-order chi connectivity index (χ1) is 12.1. The molecule has 130 valence electrons. The number of carbonyl (C=O) groups excluding carboxylic acids is 2. The normalized spacial score (nSPS) is 35.5. The topological polar surface area (TPSA) is 52.6 Å². The highest BCUT2D eigenvalue weighted by atomic mass is 16.5. The molecule has 1 aromatic rings. The molecular formula is C21H22O4. The van der Waals surface area contributed by atoms with Gasteiger partial charge in [-0.15, -0.1) is 5.92 Å². The van der Waals surface area contributed by atoms with Gasteiger partial charge < -0.3 is 9.47 Å². The number of hydrogen-bond acceptors (Lipinski definition) is 4. The van der Waals surface area contributed by atoms with Crippen molar-refractivity contribution in [2.24, 2.45) is 17.8 Å². The summed E-state index contributed by atoms with van der Waals surface area (Å²) in [7, 11) is 1.56. The van der Waals surface area contributed by atoms with E-state index in [4.69, 9.17) is 9.47 Å². The van der Waals surface area contributed by atoms with Crippen molar-refractivity contribution in [2.75, 3.05) is 7.11 Å². The fourth-order valence-corrected chi connectivity index (χ4v) is 4.95. The fraction of sp³-hybridized carbons (Fsp3) is 0.524. The Balaban J connectivity index is 1.72. The SMILES string of the molecule is CC#Cc1ccc(C2C(=O)C3C4CC(CC)C(O4)C3C2=O)c(OC)c1. The van der Waals surface area contributed by atoms with Gasteiger partial charge in [0.15, 0.2) is 11.6 Å². The standard InChI is InChI=1S/C21H22O4/c1-4-6-11-7-8-13(14(9-11)24-3)16-19(22)17-15-10-12(5-2)21(25-15)18(17)20(16)23/h7-9,12,15-18,21H,5,10H2,1-3H3. The molecule has 0 N–H and O–H groups in total. The first kappa shape index (κ1) is 16.4. The van der Waals surface area contributed by atoms with Crippen LogP contribution in [0.25, 0.3) is 0 Å². The van der Waals surface area contributed by atoms with Crippen LogP contribution < -0.4 is 4.74 Å². The van der Waals surface area contributed by atoms with E-state index >= 15 is 0 Å². The Morgan fingerprint density at radius 3 is 2.68 bits per heavy atom. The molecular weight excluding hydrogens is 316 g/mol. The van der Waals surface area contributed by atoms with Gasteiger partial charge in [-0.1, -0.05) is 25.3 Å². The first-order valence-electron chi connectivity index (χ1n) is 8.94. The Morgan fingerprint density at radius 2 is 2.00 bits per heavy atom. The van der Waals surface area contributed by atoms with Gasteiger partial charge in [0.25, 0.3) is 0 Å². The zero-order valence-corrected chi connectivity index (χ0v) is 14.7. The number of ether oxygens (including phenoxy) is 2. The lowest BCUT2D eigenvalue weighted by Crippen LogP contribution is -2.34. The molecule has 25 heavy (non-hydrogen) atoms. The van der Waals surface area contributed by atoms with Gasteiger partial charge in [-0.25, -0.2) is 0 Å². The molecule has 1 aliphatic carbocycles. The maximum atomic E-state index is 13.1. The second-order valence-electron chi connectivity index (χ2n) is 7.16. The Kier molecular flexibility index (Phi) is 3.92. The maximum absolute atomic E-state index is 13.1. The van der Waals surface area contributed by atoms with E-state index in [0.717, 1.165) is 18.4 Å². The van der Waals surface area contributed by atoms with Crippen molar-refractivity contribution < 1.29 is 19.1 Å². The summed E-state index contributed by atoms with van der Waals surface area (Å²) in [6, 6.07) is 5.48. The lowest BCUT2D eigenvalue weighted by atomic mass is 9.74. The minimum atomic E-state index is -0.724. The highest BCUT2D eigenvalue weighted by Gasteiger charge is 2.65. The number of ketones is 2. The number of hydrogen-bond donors (Lipinski definition) is 0. The van der Waals surface area contributed by atoms with Gasteiger partial charge >= 0.3 is 0 Å². The van der Waals surface area contributed by atoms with Crippen LogP contribution in [0.4, 0.5) is 0 Å². The molecule has 3 fully saturated rings. The van der Waals surface area contributed by atoms with Crippen LogP contribution >= 0.6 is 0 Å². The second kappa shape index (κ2) is 6.00. The largest absolute Gasteiger partial charge is 0.496 e. The van der Waals surface area contributed by atoms with Crippen molar-refractivity contribution in [1.82, 2.24) is 0 Å². The van der Waals surface area contributed by atoms with Gasteiger partial charge in [0.05, 0.1) is 31.2 Å². The molecule has 4 heteroatoms.